The predicted molar refractivity (Wildman–Crippen MR) is 63.3 cm³/mol. The second-order valence-corrected chi connectivity index (χ2v) is 4.95. The summed E-state index contributed by atoms with van der Waals surface area (Å²) in [6.07, 6.45) is 1.21. The summed E-state index contributed by atoms with van der Waals surface area (Å²) in [6, 6.07) is 4.97. The molecule has 1 unspecified atom stereocenters. The third-order valence-electron chi connectivity index (χ3n) is 2.48. The molecule has 0 bridgehead atoms. The lowest BCUT2D eigenvalue weighted by Gasteiger charge is -2.14. The monoisotopic (exact) mass is 274 g/mol. The number of aliphatic hydroxyl groups excluding tert-OH is 1. The van der Waals surface area contributed by atoms with Crippen molar-refractivity contribution >= 4 is 15.9 Å². The summed E-state index contributed by atoms with van der Waals surface area (Å²) >= 11 is 3.14. The molecule has 3 heteroatoms. The fraction of sp³-hybridized carbons (Fsp3) is 0.500. The number of aryl methyl sites for hydroxylation is 1. The summed E-state index contributed by atoms with van der Waals surface area (Å²) in [5.74, 6) is 0.0250. The van der Waals surface area contributed by atoms with E-state index in [1.54, 1.807) is 12.1 Å². The van der Waals surface area contributed by atoms with Gasteiger partial charge in [0.2, 0.25) is 0 Å². The van der Waals surface area contributed by atoms with Crippen LogP contribution in [0.25, 0.3) is 0 Å². The van der Waals surface area contributed by atoms with Crippen molar-refractivity contribution in [1.29, 1.82) is 0 Å². The van der Waals surface area contributed by atoms with Crippen LogP contribution in [0.3, 0.4) is 0 Å². The van der Waals surface area contributed by atoms with E-state index in [4.69, 9.17) is 0 Å². The number of hydrogen-bond acceptors (Lipinski definition) is 1. The van der Waals surface area contributed by atoms with E-state index in [0.717, 1.165) is 18.4 Å². The van der Waals surface area contributed by atoms with Crippen LogP contribution >= 0.6 is 15.9 Å². The molecule has 0 aliphatic carbocycles. The molecule has 84 valence electrons. The molecule has 0 fully saturated rings. The number of aliphatic hydroxyl groups is 1. The van der Waals surface area contributed by atoms with E-state index < -0.39 is 0 Å². The zero-order valence-electron chi connectivity index (χ0n) is 9.00. The van der Waals surface area contributed by atoms with Crippen LogP contribution in [0.5, 0.6) is 0 Å². The Morgan fingerprint density at radius 3 is 2.60 bits per heavy atom. The van der Waals surface area contributed by atoms with Gasteiger partial charge in [0.1, 0.15) is 5.82 Å². The van der Waals surface area contributed by atoms with Gasteiger partial charge in [-0.2, -0.15) is 0 Å². The lowest BCUT2D eigenvalue weighted by Crippen LogP contribution is -2.15. The first kappa shape index (κ1) is 12.7. The van der Waals surface area contributed by atoms with Gasteiger partial charge in [0.25, 0.3) is 0 Å². The van der Waals surface area contributed by atoms with E-state index >= 15 is 0 Å². The highest BCUT2D eigenvalue weighted by Crippen LogP contribution is 2.19. The van der Waals surface area contributed by atoms with Crippen molar-refractivity contribution in [2.45, 2.75) is 32.8 Å². The van der Waals surface area contributed by atoms with Crippen molar-refractivity contribution in [3.05, 3.63) is 34.1 Å². The van der Waals surface area contributed by atoms with E-state index in [1.807, 2.05) is 13.8 Å². The van der Waals surface area contributed by atoms with Gasteiger partial charge in [0.05, 0.1) is 10.6 Å². The van der Waals surface area contributed by atoms with E-state index in [2.05, 4.69) is 15.9 Å². The Morgan fingerprint density at radius 1 is 1.40 bits per heavy atom. The van der Waals surface area contributed by atoms with Gasteiger partial charge in [-0.3, -0.25) is 0 Å². The molecule has 0 spiro atoms. The van der Waals surface area contributed by atoms with E-state index in [1.165, 1.54) is 6.07 Å². The normalized spacial score (nSPS) is 13.2. The van der Waals surface area contributed by atoms with Gasteiger partial charge in [-0.25, -0.2) is 4.39 Å². The van der Waals surface area contributed by atoms with Crippen LogP contribution in [0.4, 0.5) is 4.39 Å². The van der Waals surface area contributed by atoms with Gasteiger partial charge < -0.3 is 5.11 Å². The topological polar surface area (TPSA) is 20.2 Å². The van der Waals surface area contributed by atoms with E-state index in [0.29, 0.717) is 4.47 Å². The fourth-order valence-corrected chi connectivity index (χ4v) is 1.77. The predicted octanol–water partition coefficient (Wildman–Crippen LogP) is 3.54. The van der Waals surface area contributed by atoms with Crippen LogP contribution in [0.15, 0.2) is 22.7 Å². The Labute approximate surface area is 98.4 Å². The van der Waals surface area contributed by atoms with E-state index in [-0.39, 0.29) is 17.8 Å². The molecule has 1 rings (SSSR count). The van der Waals surface area contributed by atoms with Crippen molar-refractivity contribution in [1.82, 2.24) is 0 Å². The quantitative estimate of drug-likeness (QED) is 0.891. The van der Waals surface area contributed by atoms with Crippen LogP contribution in [-0.2, 0) is 6.42 Å². The number of benzene rings is 1. The Morgan fingerprint density at radius 2 is 2.07 bits per heavy atom. The van der Waals surface area contributed by atoms with Gasteiger partial charge in [-0.05, 0) is 52.4 Å². The molecule has 0 saturated carbocycles. The number of hydrogen-bond donors (Lipinski definition) is 1. The standard InChI is InChI=1S/C12H16BrFO/c1-8(2)12(15)6-4-9-3-5-11(14)10(13)7-9/h3,5,7-8,12,15H,4,6H2,1-2H3. The van der Waals surface area contributed by atoms with Crippen LogP contribution in [0.1, 0.15) is 25.8 Å². The molecule has 1 N–H and O–H groups in total. The highest BCUT2D eigenvalue weighted by Gasteiger charge is 2.09. The molecule has 15 heavy (non-hydrogen) atoms. The maximum Gasteiger partial charge on any atom is 0.137 e. The van der Waals surface area contributed by atoms with Crippen molar-refractivity contribution in [3.8, 4) is 0 Å². The Bertz CT molecular complexity index is 325. The second-order valence-electron chi connectivity index (χ2n) is 4.10. The minimum Gasteiger partial charge on any atom is -0.393 e. The molecular formula is C12H16BrFO. The molecule has 0 aliphatic rings. The molecule has 0 aliphatic heterocycles. The summed E-state index contributed by atoms with van der Waals surface area (Å²) in [5.41, 5.74) is 1.04. The SMILES string of the molecule is CC(C)C(O)CCc1ccc(F)c(Br)c1. The highest BCUT2D eigenvalue weighted by atomic mass is 79.9. The average molecular weight is 275 g/mol. The maximum atomic E-state index is 12.9. The lowest BCUT2D eigenvalue weighted by atomic mass is 9.99. The maximum absolute atomic E-state index is 12.9. The van der Waals surface area contributed by atoms with Crippen LogP contribution < -0.4 is 0 Å². The highest BCUT2D eigenvalue weighted by molar-refractivity contribution is 9.10. The van der Waals surface area contributed by atoms with Crippen LogP contribution in [0, 0.1) is 11.7 Å². The van der Waals surface area contributed by atoms with Gasteiger partial charge in [0.15, 0.2) is 0 Å². The average Bonchev–Trinajstić information content (AvgIpc) is 2.19. The molecule has 0 amide bonds. The van der Waals surface area contributed by atoms with Crippen molar-refractivity contribution in [2.24, 2.45) is 5.92 Å². The molecule has 1 atom stereocenters. The summed E-state index contributed by atoms with van der Waals surface area (Å²) in [4.78, 5) is 0. The van der Waals surface area contributed by atoms with E-state index in [9.17, 15) is 9.50 Å². The lowest BCUT2D eigenvalue weighted by molar-refractivity contribution is 0.116. The molecule has 0 saturated heterocycles. The largest absolute Gasteiger partial charge is 0.393 e. The van der Waals surface area contributed by atoms with Gasteiger partial charge >= 0.3 is 0 Å². The van der Waals surface area contributed by atoms with Crippen molar-refractivity contribution < 1.29 is 9.50 Å². The van der Waals surface area contributed by atoms with Crippen molar-refractivity contribution in [2.75, 3.05) is 0 Å². The van der Waals surface area contributed by atoms with Crippen LogP contribution in [-0.4, -0.2) is 11.2 Å². The summed E-state index contributed by atoms with van der Waals surface area (Å²) in [6.45, 7) is 3.98. The minimum absolute atomic E-state index is 0.247. The first-order chi connectivity index (χ1) is 7.00. The van der Waals surface area contributed by atoms with Gasteiger partial charge in [-0.1, -0.05) is 19.9 Å². The smallest absolute Gasteiger partial charge is 0.137 e. The third kappa shape index (κ3) is 3.92. The first-order valence-electron chi connectivity index (χ1n) is 5.12. The molecule has 1 aromatic carbocycles. The van der Waals surface area contributed by atoms with Crippen LogP contribution in [0.2, 0.25) is 0 Å². The van der Waals surface area contributed by atoms with Crippen molar-refractivity contribution in [3.63, 3.8) is 0 Å². The zero-order valence-corrected chi connectivity index (χ0v) is 10.6. The Balaban J connectivity index is 2.55. The molecule has 1 aromatic rings. The van der Waals surface area contributed by atoms with Gasteiger partial charge in [-0.15, -0.1) is 0 Å². The second kappa shape index (κ2) is 5.61. The molecule has 0 heterocycles. The minimum atomic E-state index is -0.283. The summed E-state index contributed by atoms with van der Waals surface area (Å²) < 4.78 is 13.4. The molecule has 1 nitrogen and oxygen atoms in total. The molecule has 0 aromatic heterocycles. The zero-order chi connectivity index (χ0) is 11.4. The summed E-state index contributed by atoms with van der Waals surface area (Å²) in [5, 5.41) is 9.63. The summed E-state index contributed by atoms with van der Waals surface area (Å²) in [7, 11) is 0. The Kier molecular flexibility index (Phi) is 4.74. The van der Waals surface area contributed by atoms with Gasteiger partial charge in [0, 0.05) is 0 Å². The first-order valence-corrected chi connectivity index (χ1v) is 5.92. The fourth-order valence-electron chi connectivity index (χ4n) is 1.34. The number of halogens is 2. The Hall–Kier alpha value is -0.410. The molecule has 0 radical (unpaired) electrons. The molecular weight excluding hydrogens is 259 g/mol. The third-order valence-corrected chi connectivity index (χ3v) is 3.09. The number of rotatable bonds is 4.